The van der Waals surface area contributed by atoms with Gasteiger partial charge >= 0.3 is 5.97 Å². The van der Waals surface area contributed by atoms with Gasteiger partial charge in [-0.3, -0.25) is 9.36 Å². The number of fused-ring (bicyclic) bond motifs is 1. The molecule has 0 spiro atoms. The van der Waals surface area contributed by atoms with Crippen LogP contribution in [0, 0.1) is 0 Å². The number of thiazole rings is 1. The maximum Gasteiger partial charge on any atom is 0.338 e. The Morgan fingerprint density at radius 3 is 2.63 bits per heavy atom. The van der Waals surface area contributed by atoms with E-state index >= 15 is 0 Å². The Bertz CT molecular complexity index is 1540. The van der Waals surface area contributed by atoms with E-state index in [0.29, 0.717) is 38.7 Å². The van der Waals surface area contributed by atoms with Gasteiger partial charge in [-0.05, 0) is 72.5 Å². The zero-order chi connectivity index (χ0) is 27.4. The van der Waals surface area contributed by atoms with Crippen LogP contribution in [0.15, 0.2) is 68.0 Å². The zero-order valence-electron chi connectivity index (χ0n) is 22.1. The van der Waals surface area contributed by atoms with Gasteiger partial charge in [0.15, 0.2) is 16.3 Å². The third kappa shape index (κ3) is 5.78. The topological polar surface area (TPSA) is 79.1 Å². The molecule has 1 aromatic heterocycles. The highest BCUT2D eigenvalue weighted by Gasteiger charge is 2.33. The molecular weight excluding hydrogens is 568 g/mol. The predicted octanol–water partition coefficient (Wildman–Crippen LogP) is 5.14. The molecule has 1 unspecified atom stereocenters. The quantitative estimate of drug-likeness (QED) is 0.252. The number of aromatic nitrogens is 1. The van der Waals surface area contributed by atoms with Crippen LogP contribution in [0.2, 0.25) is 0 Å². The summed E-state index contributed by atoms with van der Waals surface area (Å²) in [5, 5.41) is 0. The van der Waals surface area contributed by atoms with E-state index in [1.54, 1.807) is 38.5 Å². The Kier molecular flexibility index (Phi) is 8.89. The van der Waals surface area contributed by atoms with E-state index in [2.05, 4.69) is 27.8 Å². The summed E-state index contributed by atoms with van der Waals surface area (Å²) in [5.74, 6) is 0.732. The Morgan fingerprint density at radius 2 is 1.97 bits per heavy atom. The minimum absolute atomic E-state index is 0.233. The van der Waals surface area contributed by atoms with Gasteiger partial charge in [-0.2, -0.15) is 0 Å². The summed E-state index contributed by atoms with van der Waals surface area (Å²) in [5.41, 5.74) is 2.25. The van der Waals surface area contributed by atoms with E-state index in [4.69, 9.17) is 14.2 Å². The number of methoxy groups -OCH3 is 1. The fourth-order valence-electron chi connectivity index (χ4n) is 4.24. The molecule has 0 fully saturated rings. The monoisotopic (exact) mass is 598 g/mol. The number of rotatable bonds is 9. The maximum absolute atomic E-state index is 13.8. The summed E-state index contributed by atoms with van der Waals surface area (Å²) < 4.78 is 19.9. The highest BCUT2D eigenvalue weighted by atomic mass is 79.9. The highest BCUT2D eigenvalue weighted by molar-refractivity contribution is 9.10. The van der Waals surface area contributed by atoms with E-state index in [-0.39, 0.29) is 11.7 Å². The molecule has 1 aliphatic rings. The normalized spacial score (nSPS) is 15.3. The van der Waals surface area contributed by atoms with E-state index in [0.717, 1.165) is 28.4 Å². The third-order valence-electron chi connectivity index (χ3n) is 5.99. The second-order valence-electron chi connectivity index (χ2n) is 9.18. The second kappa shape index (κ2) is 12.1. The molecule has 2 heterocycles. The van der Waals surface area contributed by atoms with Gasteiger partial charge in [0.1, 0.15) is 0 Å². The molecule has 0 saturated carbocycles. The highest BCUT2D eigenvalue weighted by Crippen LogP contribution is 2.37. The van der Waals surface area contributed by atoms with Crippen molar-refractivity contribution in [3.8, 4) is 11.5 Å². The van der Waals surface area contributed by atoms with Crippen LogP contribution in [-0.2, 0) is 9.53 Å². The van der Waals surface area contributed by atoms with Crippen LogP contribution >= 0.6 is 27.3 Å². The van der Waals surface area contributed by atoms with Crippen LogP contribution in [-0.4, -0.2) is 30.4 Å². The van der Waals surface area contributed by atoms with Crippen molar-refractivity contribution in [2.24, 2.45) is 4.99 Å². The number of hydrogen-bond donors (Lipinski definition) is 0. The van der Waals surface area contributed by atoms with Crippen molar-refractivity contribution >= 4 is 39.3 Å². The average molecular weight is 600 g/mol. The van der Waals surface area contributed by atoms with Crippen molar-refractivity contribution in [2.75, 3.05) is 13.7 Å². The lowest BCUT2D eigenvalue weighted by molar-refractivity contribution is -0.143. The lowest BCUT2D eigenvalue weighted by atomic mass is 9.96. The lowest BCUT2D eigenvalue weighted by Crippen LogP contribution is -2.40. The van der Waals surface area contributed by atoms with E-state index in [1.807, 2.05) is 42.5 Å². The number of unbranched alkanes of at least 4 members (excludes halogenated alkanes) is 1. The van der Waals surface area contributed by atoms with Crippen molar-refractivity contribution in [1.82, 2.24) is 4.57 Å². The Labute approximate surface area is 234 Å². The minimum Gasteiger partial charge on any atom is -0.493 e. The van der Waals surface area contributed by atoms with E-state index in [9.17, 15) is 9.59 Å². The number of carbonyl (C=O) groups is 1. The average Bonchev–Trinajstić information content (AvgIpc) is 3.18. The van der Waals surface area contributed by atoms with Gasteiger partial charge in [0.05, 0.1) is 46.1 Å². The van der Waals surface area contributed by atoms with Crippen LogP contribution in [0.5, 0.6) is 11.5 Å². The maximum atomic E-state index is 13.8. The molecule has 0 bridgehead atoms. The van der Waals surface area contributed by atoms with Crippen molar-refractivity contribution in [3.63, 3.8) is 0 Å². The van der Waals surface area contributed by atoms with Crippen LogP contribution in [0.3, 0.4) is 0 Å². The molecule has 200 valence electrons. The molecule has 4 rings (SSSR count). The van der Waals surface area contributed by atoms with Crippen molar-refractivity contribution in [3.05, 3.63) is 89.0 Å². The summed E-state index contributed by atoms with van der Waals surface area (Å²) in [4.78, 5) is 32.2. The zero-order valence-corrected chi connectivity index (χ0v) is 24.5. The van der Waals surface area contributed by atoms with Crippen LogP contribution in [0.25, 0.3) is 6.08 Å². The standard InChI is InChI=1S/C29H31BrN2O5S/c1-6-7-13-36-26-21(30)14-19(15-22(26)35-5)16-23-27(33)32-25(20-11-9-8-10-12-20)24(28(34)37-17(2)3)18(4)31-29(32)38-23/h8-12,14-17,25H,6-7,13H2,1-5H3. The minimum atomic E-state index is -0.642. The first-order valence-corrected chi connectivity index (χ1v) is 14.1. The molecule has 0 saturated heterocycles. The van der Waals surface area contributed by atoms with Gasteiger partial charge in [0.25, 0.3) is 5.56 Å². The molecular formula is C29H31BrN2O5S. The molecule has 0 aliphatic carbocycles. The number of nitrogens with zero attached hydrogens (tertiary/aromatic N) is 2. The van der Waals surface area contributed by atoms with Crippen LogP contribution in [0.4, 0.5) is 0 Å². The largest absolute Gasteiger partial charge is 0.493 e. The van der Waals surface area contributed by atoms with E-state index in [1.165, 1.54) is 11.3 Å². The summed E-state index contributed by atoms with van der Waals surface area (Å²) in [6.07, 6.45) is 3.47. The van der Waals surface area contributed by atoms with Gasteiger partial charge in [-0.25, -0.2) is 9.79 Å². The van der Waals surface area contributed by atoms with E-state index < -0.39 is 12.0 Å². The molecule has 0 N–H and O–H groups in total. The molecule has 2 aromatic carbocycles. The fourth-order valence-corrected chi connectivity index (χ4v) is 5.86. The van der Waals surface area contributed by atoms with Crippen LogP contribution < -0.4 is 24.4 Å². The number of benzene rings is 2. The predicted molar refractivity (Wildman–Crippen MR) is 153 cm³/mol. The van der Waals surface area contributed by atoms with Gasteiger partial charge in [0, 0.05) is 0 Å². The number of carbonyl (C=O) groups excluding carboxylic acids is 1. The molecule has 7 nitrogen and oxygen atoms in total. The number of hydrogen-bond acceptors (Lipinski definition) is 7. The van der Waals surface area contributed by atoms with Crippen molar-refractivity contribution < 1.29 is 19.0 Å². The first kappa shape index (κ1) is 27.9. The fraction of sp³-hybridized carbons (Fsp3) is 0.345. The number of esters is 1. The molecule has 3 aromatic rings. The summed E-state index contributed by atoms with van der Waals surface area (Å²) >= 11 is 4.87. The summed E-state index contributed by atoms with van der Waals surface area (Å²) in [7, 11) is 1.59. The van der Waals surface area contributed by atoms with Gasteiger partial charge in [-0.1, -0.05) is 55.0 Å². The Balaban J connectivity index is 1.85. The number of allylic oxidation sites excluding steroid dienone is 1. The molecule has 1 aliphatic heterocycles. The molecule has 0 amide bonds. The van der Waals surface area contributed by atoms with Gasteiger partial charge < -0.3 is 14.2 Å². The van der Waals surface area contributed by atoms with Gasteiger partial charge in [0.2, 0.25) is 0 Å². The smallest absolute Gasteiger partial charge is 0.338 e. The Hall–Kier alpha value is -3.17. The van der Waals surface area contributed by atoms with Gasteiger partial charge in [-0.15, -0.1) is 0 Å². The lowest BCUT2D eigenvalue weighted by Gasteiger charge is -2.25. The third-order valence-corrected chi connectivity index (χ3v) is 7.57. The molecule has 1 atom stereocenters. The summed E-state index contributed by atoms with van der Waals surface area (Å²) in [6.45, 7) is 8.07. The number of halogens is 1. The molecule has 38 heavy (non-hydrogen) atoms. The Morgan fingerprint density at radius 1 is 1.24 bits per heavy atom. The van der Waals surface area contributed by atoms with Crippen LogP contribution in [0.1, 0.15) is 57.7 Å². The molecule has 9 heteroatoms. The first-order chi connectivity index (χ1) is 18.2. The SMILES string of the molecule is CCCCOc1c(Br)cc(C=c2sc3n(c2=O)C(c2ccccc2)C(C(=O)OC(C)C)=C(C)N=3)cc1OC. The number of ether oxygens (including phenoxy) is 3. The molecule has 0 radical (unpaired) electrons. The summed E-state index contributed by atoms with van der Waals surface area (Å²) in [6, 6.07) is 12.6. The van der Waals surface area contributed by atoms with Crippen molar-refractivity contribution in [1.29, 1.82) is 0 Å². The first-order valence-electron chi connectivity index (χ1n) is 12.5. The van der Waals surface area contributed by atoms with Crippen molar-refractivity contribution in [2.45, 2.75) is 52.7 Å². The second-order valence-corrected chi connectivity index (χ2v) is 11.0.